The second-order valence-corrected chi connectivity index (χ2v) is 46.7. The van der Waals surface area contributed by atoms with Crippen LogP contribution in [-0.2, 0) is 102 Å². The highest BCUT2D eigenvalue weighted by molar-refractivity contribution is 6.35. The molecule has 0 radical (unpaired) electrons. The van der Waals surface area contributed by atoms with Gasteiger partial charge in [0, 0.05) is 183 Å². The van der Waals surface area contributed by atoms with E-state index in [2.05, 4.69) is 396 Å². The molecule has 0 fully saturated rings. The van der Waals surface area contributed by atoms with Gasteiger partial charge in [0.1, 0.15) is 11.0 Å². The molecule has 0 bridgehead atoms. The van der Waals surface area contributed by atoms with Crippen molar-refractivity contribution < 1.29 is 4.39 Å². The third-order valence-corrected chi connectivity index (χ3v) is 26.0. The van der Waals surface area contributed by atoms with Crippen molar-refractivity contribution in [3.63, 3.8) is 0 Å². The SMILES string of the molecule is C=C(C)c1c2cc(C(C)(C)C)ccc2nn1C.CC(C)c1c2c(nn1-c1ccccc1)CCN(C(C)(C)C)C2.CC(C)c1c2c(nn1C)C(C)(C)CN(C(C)(C)C)C2.CC(C)c1c2c(nn1C)CCN(C(C)(C)C)C2.CC(C)c1c2cc(C(C)(C)C)cc(Cl)c2nn1C.CC(C)c1c2cc(C(C)(C)C)cc(F)c2nn1C.CC(C)c1c2cc(C(C)(C)C)ccc2nn1C. The molecular weight excluding hydrogens is 1600 g/mol. The van der Waals surface area contributed by atoms with Crippen molar-refractivity contribution in [2.45, 2.75) is 361 Å². The van der Waals surface area contributed by atoms with Gasteiger partial charge in [-0.15, -0.1) is 0 Å². The van der Waals surface area contributed by atoms with Crippen LogP contribution in [0.5, 0.6) is 0 Å². The fourth-order valence-corrected chi connectivity index (χ4v) is 19.0. The van der Waals surface area contributed by atoms with E-state index < -0.39 is 0 Å². The van der Waals surface area contributed by atoms with Gasteiger partial charge in [0.2, 0.25) is 0 Å². The fraction of sp³-hybridized carbons (Fsp3) is 0.587. The maximum atomic E-state index is 14.2. The topological polar surface area (TPSA) is 134 Å². The second kappa shape index (κ2) is 39.1. The Hall–Kier alpha value is -8.55. The maximum Gasteiger partial charge on any atom is 0.151 e. The molecule has 0 N–H and O–H groups in total. The number of nitrogens with zero attached hydrogens (tertiary/aromatic N) is 17. The molecule has 0 saturated heterocycles. The van der Waals surface area contributed by atoms with E-state index in [9.17, 15) is 4.39 Å². The molecule has 0 spiro atoms. The molecule has 5 aromatic carbocycles. The Bertz CT molecular complexity index is 5730. The summed E-state index contributed by atoms with van der Waals surface area (Å²) in [5.74, 6) is 2.59. The van der Waals surface area contributed by atoms with Crippen molar-refractivity contribution in [1.82, 2.24) is 83.2 Å². The smallest absolute Gasteiger partial charge is 0.151 e. The molecule has 0 saturated carbocycles. The molecule has 700 valence electrons. The summed E-state index contributed by atoms with van der Waals surface area (Å²) in [4.78, 5) is 7.71. The molecule has 7 aromatic heterocycles. The number of halogens is 2. The lowest BCUT2D eigenvalue weighted by Gasteiger charge is -2.44. The van der Waals surface area contributed by atoms with E-state index in [1.54, 1.807) is 10.7 Å². The van der Waals surface area contributed by atoms with Crippen LogP contribution in [0.25, 0.3) is 54.9 Å². The van der Waals surface area contributed by atoms with Crippen molar-refractivity contribution in [1.29, 1.82) is 0 Å². The zero-order chi connectivity index (χ0) is 96.2. The monoisotopic (exact) mass is 1770 g/mol. The predicted octanol–water partition coefficient (Wildman–Crippen LogP) is 27.0. The quantitative estimate of drug-likeness (QED) is 0.145. The van der Waals surface area contributed by atoms with E-state index in [0.29, 0.717) is 41.0 Å². The van der Waals surface area contributed by atoms with Crippen LogP contribution in [0.4, 0.5) is 4.39 Å². The van der Waals surface area contributed by atoms with Gasteiger partial charge in [-0.2, -0.15) is 35.7 Å². The largest absolute Gasteiger partial charge is 0.294 e. The lowest BCUT2D eigenvalue weighted by atomic mass is 9.80. The number of aryl methyl sites for hydroxylation is 6. The number of fused-ring (bicyclic) bond motifs is 7. The first-order chi connectivity index (χ1) is 58.8. The molecule has 10 heterocycles. The molecule has 19 heteroatoms. The lowest BCUT2D eigenvalue weighted by molar-refractivity contribution is 0.0856. The molecule has 0 amide bonds. The summed E-state index contributed by atoms with van der Waals surface area (Å²) < 4.78 is 28.2. The van der Waals surface area contributed by atoms with Gasteiger partial charge < -0.3 is 0 Å². The minimum atomic E-state index is -0.222. The summed E-state index contributed by atoms with van der Waals surface area (Å²) >= 11 is 6.38. The molecule has 12 aromatic rings. The highest BCUT2D eigenvalue weighted by atomic mass is 35.5. The Morgan fingerprint density at radius 3 is 1.19 bits per heavy atom. The molecular formula is C109H165ClFN17. The zero-order valence-electron chi connectivity index (χ0n) is 87.3. The van der Waals surface area contributed by atoms with Gasteiger partial charge >= 0.3 is 0 Å². The van der Waals surface area contributed by atoms with Crippen molar-refractivity contribution in [2.75, 3.05) is 19.6 Å². The predicted molar refractivity (Wildman–Crippen MR) is 543 cm³/mol. The summed E-state index contributed by atoms with van der Waals surface area (Å²) in [5.41, 5.74) is 29.2. The van der Waals surface area contributed by atoms with Crippen molar-refractivity contribution in [3.05, 3.63) is 204 Å². The van der Waals surface area contributed by atoms with Crippen LogP contribution in [0.1, 0.15) is 381 Å². The number of rotatable bonds is 8. The molecule has 17 nitrogen and oxygen atoms in total. The molecule has 0 unspecified atom stereocenters. The molecule has 3 aliphatic heterocycles. The minimum Gasteiger partial charge on any atom is -0.294 e. The lowest BCUT2D eigenvalue weighted by Crippen LogP contribution is -2.50. The molecule has 0 atom stereocenters. The van der Waals surface area contributed by atoms with Gasteiger partial charge in [-0.3, -0.25) is 42.8 Å². The van der Waals surface area contributed by atoms with E-state index in [4.69, 9.17) is 21.8 Å². The normalized spacial score (nSPS) is 14.9. The third kappa shape index (κ3) is 23.5. The summed E-state index contributed by atoms with van der Waals surface area (Å²) in [6.45, 7) is 90.8. The van der Waals surface area contributed by atoms with Crippen molar-refractivity contribution in [3.8, 4) is 5.69 Å². The molecule has 3 aliphatic rings. The van der Waals surface area contributed by atoms with Crippen LogP contribution >= 0.6 is 11.6 Å². The van der Waals surface area contributed by atoms with Gasteiger partial charge in [-0.1, -0.05) is 229 Å². The van der Waals surface area contributed by atoms with Crippen molar-refractivity contribution in [2.24, 2.45) is 42.3 Å². The van der Waals surface area contributed by atoms with Gasteiger partial charge in [0.15, 0.2) is 5.82 Å². The van der Waals surface area contributed by atoms with Crippen LogP contribution < -0.4 is 0 Å². The standard InChI is InChI=1S/C19H27N3.C16H29N3.C15H21ClN2.C15H21FN2.C15H22N2.C15H20N2.C14H25N3/c1-14(2)18-16-13-21(19(3,4)5)12-11-17(16)20-22(18)15-9-7-6-8-10-15;1-11(2)13-12-9-19(15(3,4)5)10-16(6,7)14(12)17-18(13)8;2*1-9(2)14-11-7-10(15(3,4)5)8-12(16)13(11)17-18(14)6;2*1-10(2)14-12-9-11(15(3,4)5)7-8-13(12)16-17(14)6;1-10(2)13-11-9-17(14(3,4)5)8-7-12(11)15-16(13)6/h6-10,14H,11-13H2,1-5H3;11H,9-10H2,1-8H3;2*7-9H,1-6H3;7-10H,1-6H3;7-9H,1H2,2-6H3;10H,7-9H2,1-6H3. The minimum absolute atomic E-state index is 0.0564. The van der Waals surface area contributed by atoms with Gasteiger partial charge in [-0.25, -0.2) is 9.07 Å². The summed E-state index contributed by atoms with van der Waals surface area (Å²) in [5, 5.41) is 37.8. The van der Waals surface area contributed by atoms with Gasteiger partial charge in [-0.05, 0) is 215 Å². The first-order valence-electron chi connectivity index (χ1n) is 47.2. The zero-order valence-corrected chi connectivity index (χ0v) is 88.1. The fourth-order valence-electron chi connectivity index (χ4n) is 18.7. The summed E-state index contributed by atoms with van der Waals surface area (Å²) in [6.07, 6.45) is 2.14. The first-order valence-corrected chi connectivity index (χ1v) is 47.6. The first kappa shape index (κ1) is 103. The van der Waals surface area contributed by atoms with Crippen LogP contribution in [0.3, 0.4) is 0 Å². The highest BCUT2D eigenvalue weighted by Gasteiger charge is 2.41. The van der Waals surface area contributed by atoms with Crippen LogP contribution in [0.2, 0.25) is 5.02 Å². The number of benzene rings is 5. The number of aromatic nitrogens is 14. The Balaban J connectivity index is 0.000000169. The summed E-state index contributed by atoms with van der Waals surface area (Å²) in [6, 6.07) is 31.6. The van der Waals surface area contributed by atoms with Crippen molar-refractivity contribution >= 4 is 60.8 Å². The van der Waals surface area contributed by atoms with E-state index >= 15 is 0 Å². The van der Waals surface area contributed by atoms with Crippen LogP contribution in [0, 0.1) is 5.82 Å². The number of hydrogen-bond donors (Lipinski definition) is 0. The number of allylic oxidation sites excluding steroid dienone is 1. The van der Waals surface area contributed by atoms with E-state index in [1.807, 2.05) is 55.2 Å². The molecule has 0 aliphatic carbocycles. The van der Waals surface area contributed by atoms with E-state index in [0.717, 1.165) is 102 Å². The molecule has 128 heavy (non-hydrogen) atoms. The average molecular weight is 1770 g/mol. The van der Waals surface area contributed by atoms with Gasteiger partial charge in [0.05, 0.1) is 50.2 Å². The third-order valence-electron chi connectivity index (χ3n) is 25.7. The Morgan fingerprint density at radius 1 is 0.383 bits per heavy atom. The maximum absolute atomic E-state index is 14.2. The number of para-hydroxylation sites is 1. The van der Waals surface area contributed by atoms with Crippen LogP contribution in [-0.4, -0.2) is 119 Å². The Kier molecular flexibility index (Phi) is 31.5. The van der Waals surface area contributed by atoms with Crippen LogP contribution in [0.15, 0.2) is 97.6 Å². The highest BCUT2D eigenvalue weighted by Crippen LogP contribution is 2.42. The molecule has 15 rings (SSSR count). The Labute approximate surface area is 776 Å². The average Bonchev–Trinajstić information content (AvgIpc) is 1.58. The summed E-state index contributed by atoms with van der Waals surface area (Å²) in [7, 11) is 12.0. The van der Waals surface area contributed by atoms with E-state index in [1.165, 1.54) is 101 Å². The Morgan fingerprint density at radius 2 is 0.742 bits per heavy atom. The number of hydrogen-bond acceptors (Lipinski definition) is 10. The van der Waals surface area contributed by atoms with E-state index in [-0.39, 0.29) is 49.5 Å². The van der Waals surface area contributed by atoms with Gasteiger partial charge in [0.25, 0.3) is 0 Å². The second-order valence-electron chi connectivity index (χ2n) is 46.3.